The highest BCUT2D eigenvalue weighted by atomic mass is 32.2. The maximum absolute atomic E-state index is 11.1. The van der Waals surface area contributed by atoms with E-state index < -0.39 is 16.8 Å². The summed E-state index contributed by atoms with van der Waals surface area (Å²) in [6, 6.07) is 2.42. The van der Waals surface area contributed by atoms with E-state index in [0.29, 0.717) is 5.89 Å². The second-order valence-electron chi connectivity index (χ2n) is 3.44. The fraction of sp³-hybridized carbons (Fsp3) is 0.100. The first-order valence-electron chi connectivity index (χ1n) is 5.13. The topological polar surface area (TPSA) is 132 Å². The number of nitro groups is 1. The smallest absolute Gasteiger partial charge is 0.433 e. The molecule has 0 bridgehead atoms. The second-order valence-corrected chi connectivity index (χ2v) is 4.43. The van der Waals surface area contributed by atoms with Crippen molar-refractivity contribution in [3.8, 4) is 0 Å². The standard InChI is InChI=1S/C10H7N3O6S/c1-5-11-12-10(18-5)20-7(9(14)15)4-6-2-3-8(19-6)13(16)17/h2-4H,1H3,(H,14,15)/b7-4-. The molecule has 0 fully saturated rings. The highest BCUT2D eigenvalue weighted by molar-refractivity contribution is 8.03. The Labute approximate surface area is 115 Å². The summed E-state index contributed by atoms with van der Waals surface area (Å²) in [4.78, 5) is 20.7. The first-order chi connectivity index (χ1) is 9.45. The van der Waals surface area contributed by atoms with Gasteiger partial charge in [-0.05, 0) is 17.8 Å². The minimum Gasteiger partial charge on any atom is -0.477 e. The van der Waals surface area contributed by atoms with Crippen LogP contribution in [0.2, 0.25) is 0 Å². The molecular weight excluding hydrogens is 290 g/mol. The quantitative estimate of drug-likeness (QED) is 0.381. The lowest BCUT2D eigenvalue weighted by molar-refractivity contribution is -0.402. The van der Waals surface area contributed by atoms with Crippen LogP contribution in [0.5, 0.6) is 0 Å². The monoisotopic (exact) mass is 297 g/mol. The van der Waals surface area contributed by atoms with Gasteiger partial charge >= 0.3 is 11.9 Å². The van der Waals surface area contributed by atoms with Gasteiger partial charge in [0.2, 0.25) is 5.89 Å². The molecular formula is C10H7N3O6S. The van der Waals surface area contributed by atoms with Gasteiger partial charge in [-0.1, -0.05) is 0 Å². The molecule has 0 spiro atoms. The molecule has 2 aromatic heterocycles. The number of carboxylic acid groups (broad SMARTS) is 1. The summed E-state index contributed by atoms with van der Waals surface area (Å²) in [7, 11) is 0. The third kappa shape index (κ3) is 3.23. The van der Waals surface area contributed by atoms with Crippen LogP contribution in [-0.4, -0.2) is 26.2 Å². The summed E-state index contributed by atoms with van der Waals surface area (Å²) in [6.45, 7) is 1.57. The van der Waals surface area contributed by atoms with Crippen LogP contribution in [0, 0.1) is 17.0 Å². The number of aryl methyl sites for hydroxylation is 1. The van der Waals surface area contributed by atoms with Gasteiger partial charge in [-0.25, -0.2) is 4.79 Å². The summed E-state index contributed by atoms with van der Waals surface area (Å²) in [6.07, 6.45) is 1.14. The molecule has 0 radical (unpaired) electrons. The third-order valence-corrected chi connectivity index (χ3v) is 2.83. The van der Waals surface area contributed by atoms with Crippen molar-refractivity contribution in [2.45, 2.75) is 12.1 Å². The van der Waals surface area contributed by atoms with Crippen molar-refractivity contribution >= 4 is 29.7 Å². The number of hydrogen-bond donors (Lipinski definition) is 1. The van der Waals surface area contributed by atoms with Crippen molar-refractivity contribution in [2.75, 3.05) is 0 Å². The lowest BCUT2D eigenvalue weighted by Gasteiger charge is -1.96. The van der Waals surface area contributed by atoms with Crippen molar-refractivity contribution in [3.63, 3.8) is 0 Å². The normalized spacial score (nSPS) is 11.6. The molecule has 104 valence electrons. The first kappa shape index (κ1) is 13.8. The molecule has 2 aromatic rings. The number of nitrogens with zero attached hydrogens (tertiary/aromatic N) is 3. The van der Waals surface area contributed by atoms with E-state index in [9.17, 15) is 14.9 Å². The van der Waals surface area contributed by atoms with Crippen molar-refractivity contribution in [3.05, 3.63) is 38.8 Å². The Hall–Kier alpha value is -2.62. The van der Waals surface area contributed by atoms with Gasteiger partial charge in [0.05, 0.1) is 6.07 Å². The van der Waals surface area contributed by atoms with E-state index >= 15 is 0 Å². The Bertz CT molecular complexity index is 689. The van der Waals surface area contributed by atoms with Crippen molar-refractivity contribution < 1.29 is 23.7 Å². The highest BCUT2D eigenvalue weighted by Crippen LogP contribution is 2.28. The number of thioether (sulfide) groups is 1. The van der Waals surface area contributed by atoms with Crippen molar-refractivity contribution in [2.24, 2.45) is 0 Å². The average molecular weight is 297 g/mol. The van der Waals surface area contributed by atoms with E-state index in [2.05, 4.69) is 10.2 Å². The van der Waals surface area contributed by atoms with Crippen LogP contribution in [0.3, 0.4) is 0 Å². The van der Waals surface area contributed by atoms with Crippen LogP contribution in [0.25, 0.3) is 6.08 Å². The molecule has 20 heavy (non-hydrogen) atoms. The zero-order valence-corrected chi connectivity index (χ0v) is 10.8. The third-order valence-electron chi connectivity index (χ3n) is 1.98. The van der Waals surface area contributed by atoms with Crippen LogP contribution in [0.1, 0.15) is 11.7 Å². The van der Waals surface area contributed by atoms with Gasteiger partial charge in [0.25, 0.3) is 5.22 Å². The van der Waals surface area contributed by atoms with E-state index in [1.807, 2.05) is 0 Å². The Morgan fingerprint density at radius 1 is 1.45 bits per heavy atom. The molecule has 0 unspecified atom stereocenters. The SMILES string of the molecule is Cc1nnc(S/C(=C\c2ccc([N+](=O)[O-])o2)C(=O)O)o1. The molecule has 10 heteroatoms. The zero-order valence-electron chi connectivity index (χ0n) is 9.97. The number of aromatic nitrogens is 2. The summed E-state index contributed by atoms with van der Waals surface area (Å²) >= 11 is 0.722. The molecule has 0 amide bonds. The molecule has 1 N–H and O–H groups in total. The minimum absolute atomic E-state index is 0.0397. The number of carboxylic acids is 1. The predicted octanol–water partition coefficient (Wildman–Crippen LogP) is 2.10. The van der Waals surface area contributed by atoms with Crippen LogP contribution < -0.4 is 0 Å². The van der Waals surface area contributed by atoms with Crippen molar-refractivity contribution in [1.82, 2.24) is 10.2 Å². The first-order valence-corrected chi connectivity index (χ1v) is 5.94. The summed E-state index contributed by atoms with van der Waals surface area (Å²) in [5.41, 5.74) is 0. The van der Waals surface area contributed by atoms with Gasteiger partial charge < -0.3 is 13.9 Å². The van der Waals surface area contributed by atoms with Crippen LogP contribution >= 0.6 is 11.8 Å². The van der Waals surface area contributed by atoms with Gasteiger partial charge in [0, 0.05) is 13.0 Å². The zero-order chi connectivity index (χ0) is 14.7. The van der Waals surface area contributed by atoms with Crippen LogP contribution in [0.15, 0.2) is 31.1 Å². The summed E-state index contributed by atoms with van der Waals surface area (Å²) in [5.74, 6) is -1.38. The Morgan fingerprint density at radius 2 is 2.20 bits per heavy atom. The van der Waals surface area contributed by atoms with Gasteiger partial charge in [0.15, 0.2) is 0 Å². The predicted molar refractivity (Wildman–Crippen MR) is 65.9 cm³/mol. The Kier molecular flexibility index (Phi) is 3.84. The molecule has 0 atom stereocenters. The lowest BCUT2D eigenvalue weighted by atomic mass is 10.4. The fourth-order valence-corrected chi connectivity index (χ4v) is 1.89. The second kappa shape index (κ2) is 5.57. The van der Waals surface area contributed by atoms with E-state index in [-0.39, 0.29) is 15.9 Å². The van der Waals surface area contributed by atoms with Gasteiger partial charge in [-0.2, -0.15) is 0 Å². The molecule has 0 aromatic carbocycles. The van der Waals surface area contributed by atoms with E-state index in [0.717, 1.165) is 23.9 Å². The average Bonchev–Trinajstić information content (AvgIpc) is 2.98. The number of carbonyl (C=O) groups is 1. The van der Waals surface area contributed by atoms with E-state index in [1.54, 1.807) is 6.92 Å². The molecule has 0 saturated heterocycles. The van der Waals surface area contributed by atoms with Gasteiger partial charge in [-0.3, -0.25) is 10.1 Å². The van der Waals surface area contributed by atoms with E-state index in [4.69, 9.17) is 13.9 Å². The number of hydrogen-bond acceptors (Lipinski definition) is 8. The Morgan fingerprint density at radius 3 is 2.70 bits per heavy atom. The van der Waals surface area contributed by atoms with Crippen LogP contribution in [-0.2, 0) is 4.79 Å². The molecule has 0 aliphatic carbocycles. The molecule has 0 aliphatic heterocycles. The van der Waals surface area contributed by atoms with Crippen molar-refractivity contribution in [1.29, 1.82) is 0 Å². The number of rotatable bonds is 5. The number of aliphatic carboxylic acids is 1. The van der Waals surface area contributed by atoms with E-state index in [1.165, 1.54) is 6.07 Å². The summed E-state index contributed by atoms with van der Waals surface area (Å²) < 4.78 is 9.89. The fourth-order valence-electron chi connectivity index (χ4n) is 1.20. The van der Waals surface area contributed by atoms with Crippen LogP contribution in [0.4, 0.5) is 5.88 Å². The number of furan rings is 1. The largest absolute Gasteiger partial charge is 0.477 e. The molecule has 0 aliphatic rings. The highest BCUT2D eigenvalue weighted by Gasteiger charge is 2.17. The molecule has 2 rings (SSSR count). The van der Waals surface area contributed by atoms with Gasteiger partial charge in [0.1, 0.15) is 15.6 Å². The molecule has 0 saturated carbocycles. The maximum Gasteiger partial charge on any atom is 0.433 e. The molecule has 9 nitrogen and oxygen atoms in total. The lowest BCUT2D eigenvalue weighted by Crippen LogP contribution is -1.96. The summed E-state index contributed by atoms with van der Waals surface area (Å²) in [5, 5.41) is 26.8. The minimum atomic E-state index is -1.25. The Balaban J connectivity index is 2.25. The maximum atomic E-state index is 11.1. The van der Waals surface area contributed by atoms with Gasteiger partial charge in [-0.15, -0.1) is 10.2 Å². The molecule has 2 heterocycles.